The van der Waals surface area contributed by atoms with Crippen molar-refractivity contribution in [1.82, 2.24) is 0 Å². The molecule has 6 aliphatic heterocycles. The lowest BCUT2D eigenvalue weighted by atomic mass is 9.88. The van der Waals surface area contributed by atoms with E-state index < -0.39 is 125 Å². The SMILES string of the molecule is CC1C(O[C@@H]2OCC3(COCc4ccccc4)O[C@@H](c4ccccc4)O[C@H]23)[C@H](OCc2ccccc2)CO[C@H]1O[C@H]1C(C)O[C@@H](COC2C(C)[C@@H](N=[N+]=[N-])C(COCc3ccccc3)O[C@@H]2OC(=N)C(Cl)(Cl)Cl)C2OC(C)(C)OC21. The highest BCUT2D eigenvalue weighted by atomic mass is 35.6. The highest BCUT2D eigenvalue weighted by molar-refractivity contribution is 6.76. The summed E-state index contributed by atoms with van der Waals surface area (Å²) >= 11 is 18.3. The number of hydrogen-bond acceptors (Lipinski definition) is 17. The number of ether oxygens (including phenoxy) is 15. The van der Waals surface area contributed by atoms with Crippen LogP contribution in [-0.2, 0) is 90.9 Å². The summed E-state index contributed by atoms with van der Waals surface area (Å²) in [5.74, 6) is -2.78. The third-order valence-corrected chi connectivity index (χ3v) is 15.8. The molecule has 6 saturated heterocycles. The molecular weight excluding hydrogens is 1100 g/mol. The van der Waals surface area contributed by atoms with E-state index in [1.165, 1.54) is 0 Å². The van der Waals surface area contributed by atoms with E-state index in [1.54, 1.807) is 0 Å². The molecule has 432 valence electrons. The number of halogens is 3. The van der Waals surface area contributed by atoms with Gasteiger partial charge in [-0.3, -0.25) is 5.41 Å². The van der Waals surface area contributed by atoms with Gasteiger partial charge in [0.05, 0.1) is 77.2 Å². The fourth-order valence-electron chi connectivity index (χ4n) is 11.2. The van der Waals surface area contributed by atoms with Crippen LogP contribution in [-0.4, -0.2) is 140 Å². The number of hydrogen-bond donors (Lipinski definition) is 1. The van der Waals surface area contributed by atoms with Crippen molar-refractivity contribution in [3.63, 3.8) is 0 Å². The topological polar surface area (TPSA) is 211 Å². The first-order chi connectivity index (χ1) is 38.6. The van der Waals surface area contributed by atoms with Gasteiger partial charge in [-0.1, -0.05) is 175 Å². The molecule has 0 aliphatic carbocycles. The molecule has 1 N–H and O–H groups in total. The molecule has 0 saturated carbocycles. The zero-order valence-corrected chi connectivity index (χ0v) is 47.4. The minimum absolute atomic E-state index is 0.0158. The predicted octanol–water partition coefficient (Wildman–Crippen LogP) is 10.1. The molecule has 4 aromatic rings. The average Bonchev–Trinajstić information content (AvgIpc) is 3.94. The lowest BCUT2D eigenvalue weighted by Gasteiger charge is -2.47. The third-order valence-electron chi connectivity index (χ3n) is 15.3. The molecule has 4 aromatic carbocycles. The molecule has 0 aromatic heterocycles. The van der Waals surface area contributed by atoms with Crippen LogP contribution >= 0.6 is 34.8 Å². The maximum atomic E-state index is 9.74. The first kappa shape index (κ1) is 59.1. The van der Waals surface area contributed by atoms with E-state index >= 15 is 0 Å². The van der Waals surface area contributed by atoms with Gasteiger partial charge < -0.3 is 71.1 Å². The Labute approximate surface area is 480 Å². The molecule has 6 fully saturated rings. The second-order valence-corrected chi connectivity index (χ2v) is 23.8. The lowest BCUT2D eigenvalue weighted by molar-refractivity contribution is -0.326. The number of alkyl halides is 3. The summed E-state index contributed by atoms with van der Waals surface area (Å²) in [7, 11) is 0. The Hall–Kier alpha value is -4.03. The fraction of sp³-hybridized carbons (Fsp3) is 0.569. The first-order valence-electron chi connectivity index (χ1n) is 27.0. The Balaban J connectivity index is 0.846. The number of benzene rings is 4. The summed E-state index contributed by atoms with van der Waals surface area (Å²) < 4.78 is 96.5. The zero-order chi connectivity index (χ0) is 56.0. The number of rotatable bonds is 21. The van der Waals surface area contributed by atoms with Gasteiger partial charge in [-0.05, 0) is 48.9 Å². The van der Waals surface area contributed by atoms with Crippen LogP contribution in [0.4, 0.5) is 0 Å². The second-order valence-electron chi connectivity index (χ2n) is 21.5. The van der Waals surface area contributed by atoms with Crippen molar-refractivity contribution < 1.29 is 71.1 Å². The minimum atomic E-state index is -2.22. The number of nitrogens with one attached hydrogen (secondary N) is 1. The first-order valence-corrected chi connectivity index (χ1v) is 28.2. The number of azide groups is 1. The quantitative estimate of drug-likeness (QED) is 0.0205. The fourth-order valence-corrected chi connectivity index (χ4v) is 11.4. The normalized spacial score (nSPS) is 35.7. The van der Waals surface area contributed by atoms with Crippen molar-refractivity contribution in [2.24, 2.45) is 17.0 Å². The van der Waals surface area contributed by atoms with Gasteiger partial charge in [-0.2, -0.15) is 0 Å². The van der Waals surface area contributed by atoms with Gasteiger partial charge in [-0.15, -0.1) is 0 Å². The summed E-state index contributed by atoms with van der Waals surface area (Å²) in [5, 5.41) is 12.6. The Bertz CT molecular complexity index is 2670. The standard InChI is InChI=1S/C58H69Cl3N4O15/c1-34-44(64-65-63)41(29-66-26-37-18-10-6-11-19-37)73-53(77-55(62)58(59,60)61)46(34)69-31-43-48-49(79-56(4,5)78-48)47(36(3)72-43)75-51-35(2)45(42(30-70-51)68-28-39-22-14-8-15-23-39)74-54-50-57(33-71-54,32-67-27-38-20-12-7-13-21-38)80-52(76-50)40-24-16-9-17-25-40/h6-25,34-36,41-54,62H,26-33H2,1-5H3/t34?,35?,36?,41?,42-,43+,44-,45?,46?,47+,48?,49?,50-,51+,52+,53-,54+,57?/m1/s1. The van der Waals surface area contributed by atoms with Crippen molar-refractivity contribution in [3.8, 4) is 0 Å². The molecule has 18 atom stereocenters. The minimum Gasteiger partial charge on any atom is -0.445 e. The molecule has 19 nitrogen and oxygen atoms in total. The lowest BCUT2D eigenvalue weighted by Crippen LogP contribution is -2.61. The van der Waals surface area contributed by atoms with Crippen LogP contribution in [0.3, 0.4) is 0 Å². The summed E-state index contributed by atoms with van der Waals surface area (Å²) in [6.45, 7) is 10.7. The highest BCUT2D eigenvalue weighted by Gasteiger charge is 2.62. The maximum Gasteiger partial charge on any atom is 0.265 e. The summed E-state index contributed by atoms with van der Waals surface area (Å²) in [6, 6.07) is 38.4. The Morgan fingerprint density at radius 1 is 0.662 bits per heavy atom. The molecule has 80 heavy (non-hydrogen) atoms. The second kappa shape index (κ2) is 26.3. The summed E-state index contributed by atoms with van der Waals surface area (Å²) in [5.41, 5.74) is 12.6. The number of fused-ring (bicyclic) bond motifs is 2. The van der Waals surface area contributed by atoms with Crippen molar-refractivity contribution in [2.45, 2.75) is 162 Å². The zero-order valence-electron chi connectivity index (χ0n) is 45.1. The largest absolute Gasteiger partial charge is 0.445 e. The molecule has 9 unspecified atom stereocenters. The molecule has 6 aliphatic rings. The van der Waals surface area contributed by atoms with Crippen molar-refractivity contribution in [3.05, 3.63) is 154 Å². The smallest absolute Gasteiger partial charge is 0.265 e. The van der Waals surface area contributed by atoms with Gasteiger partial charge in [0.1, 0.15) is 48.3 Å². The van der Waals surface area contributed by atoms with Gasteiger partial charge in [0, 0.05) is 16.4 Å². The summed E-state index contributed by atoms with van der Waals surface area (Å²) in [4.78, 5) is 3.14. The Kier molecular flexibility index (Phi) is 19.4. The predicted molar refractivity (Wildman–Crippen MR) is 291 cm³/mol. The van der Waals surface area contributed by atoms with Crippen LogP contribution in [0.2, 0.25) is 0 Å². The molecule has 10 rings (SSSR count). The van der Waals surface area contributed by atoms with Gasteiger partial charge in [0.2, 0.25) is 12.2 Å². The van der Waals surface area contributed by atoms with E-state index in [1.807, 2.05) is 156 Å². The van der Waals surface area contributed by atoms with Crippen LogP contribution in [0.1, 0.15) is 63.2 Å². The Morgan fingerprint density at radius 2 is 1.27 bits per heavy atom. The van der Waals surface area contributed by atoms with E-state index in [0.717, 1.165) is 22.3 Å². The molecule has 0 amide bonds. The maximum absolute atomic E-state index is 9.74. The average molecular weight is 1170 g/mol. The molecule has 0 bridgehead atoms. The van der Waals surface area contributed by atoms with E-state index in [2.05, 4.69) is 10.0 Å². The highest BCUT2D eigenvalue weighted by Crippen LogP contribution is 2.47. The molecular formula is C58H69Cl3N4O15. The third kappa shape index (κ3) is 14.0. The van der Waals surface area contributed by atoms with E-state index in [-0.39, 0.29) is 39.6 Å². The van der Waals surface area contributed by atoms with Crippen molar-refractivity contribution in [1.29, 1.82) is 5.41 Å². The van der Waals surface area contributed by atoms with Gasteiger partial charge in [0.15, 0.2) is 24.7 Å². The van der Waals surface area contributed by atoms with Gasteiger partial charge in [-0.25, -0.2) is 0 Å². The summed E-state index contributed by atoms with van der Waals surface area (Å²) in [6.07, 6.45) is -10.8. The molecule has 6 heterocycles. The van der Waals surface area contributed by atoms with Gasteiger partial charge in [0.25, 0.3) is 3.79 Å². The van der Waals surface area contributed by atoms with E-state index in [9.17, 15) is 5.53 Å². The van der Waals surface area contributed by atoms with Crippen LogP contribution in [0.5, 0.6) is 0 Å². The van der Waals surface area contributed by atoms with Gasteiger partial charge >= 0.3 is 0 Å². The van der Waals surface area contributed by atoms with Crippen molar-refractivity contribution in [2.75, 3.05) is 33.0 Å². The van der Waals surface area contributed by atoms with Crippen LogP contribution < -0.4 is 0 Å². The Morgan fingerprint density at radius 3 is 1.93 bits per heavy atom. The van der Waals surface area contributed by atoms with Crippen LogP contribution in [0, 0.1) is 17.2 Å². The van der Waals surface area contributed by atoms with E-state index in [4.69, 9.17) is 111 Å². The molecule has 0 spiro atoms. The van der Waals surface area contributed by atoms with E-state index in [0.29, 0.717) is 13.2 Å². The number of nitrogens with zero attached hydrogens (tertiary/aromatic N) is 3. The van der Waals surface area contributed by atoms with Crippen LogP contribution in [0.15, 0.2) is 126 Å². The molecule has 0 radical (unpaired) electrons. The molecule has 22 heteroatoms. The van der Waals surface area contributed by atoms with Crippen molar-refractivity contribution >= 4 is 40.7 Å². The van der Waals surface area contributed by atoms with Crippen LogP contribution in [0.25, 0.3) is 10.4 Å². The monoisotopic (exact) mass is 1170 g/mol.